The zero-order chi connectivity index (χ0) is 28.2. The van der Waals surface area contributed by atoms with Crippen molar-refractivity contribution in [2.45, 2.75) is 61.6 Å². The van der Waals surface area contributed by atoms with Gasteiger partial charge in [-0.1, -0.05) is 19.1 Å². The molecule has 0 aromatic heterocycles. The number of carbonyl (C=O) groups is 3. The standard InChI is InChI=1S/C29H45N3O6S/c1-5-7-8-9-15-38-28(36)23-22-18-20(3)29(39-22)24(23)26(34)32(21(4)19-33)25(29)27(35)31(10-6-2)12-11-30-13-16-37-17-14-30/h5-6,20-25,33H,1-2,7-19H2,3-4H3/t20?,21-,22+,23-,24+,25?,29?/m1/s1. The third kappa shape index (κ3) is 5.67. The lowest BCUT2D eigenvalue weighted by atomic mass is 9.66. The fraction of sp³-hybridized carbons (Fsp3) is 0.759. The van der Waals surface area contributed by atoms with E-state index in [0.29, 0.717) is 39.5 Å². The minimum absolute atomic E-state index is 0.0577. The molecule has 4 aliphatic heterocycles. The molecule has 4 fully saturated rings. The van der Waals surface area contributed by atoms with E-state index >= 15 is 0 Å². The predicted octanol–water partition coefficient (Wildman–Crippen LogP) is 1.95. The highest BCUT2D eigenvalue weighted by atomic mass is 32.2. The summed E-state index contributed by atoms with van der Waals surface area (Å²) in [6.07, 6.45) is 6.83. The molecular formula is C29H45N3O6S. The molecule has 0 radical (unpaired) electrons. The molecule has 4 saturated heterocycles. The SMILES string of the molecule is C=CCCCCOC(=O)[C@@H]1[C@@H]2CC(C)C3(S2)C(C(=O)N(CC=C)CCN2CCOCC2)N([C@H](C)CO)C(=O)[C@H]13. The van der Waals surface area contributed by atoms with Crippen molar-refractivity contribution in [2.75, 3.05) is 59.2 Å². The van der Waals surface area contributed by atoms with Crippen LogP contribution in [0.2, 0.25) is 0 Å². The van der Waals surface area contributed by atoms with Crippen LogP contribution in [0.4, 0.5) is 0 Å². The smallest absolute Gasteiger partial charge is 0.310 e. The Labute approximate surface area is 236 Å². The van der Waals surface area contributed by atoms with Crippen LogP contribution in [0.15, 0.2) is 25.3 Å². The minimum atomic E-state index is -0.753. The largest absolute Gasteiger partial charge is 0.465 e. The van der Waals surface area contributed by atoms with E-state index in [1.165, 1.54) is 0 Å². The molecule has 4 rings (SSSR count). The molecule has 0 saturated carbocycles. The van der Waals surface area contributed by atoms with Gasteiger partial charge in [0.1, 0.15) is 6.04 Å². The molecule has 4 aliphatic rings. The van der Waals surface area contributed by atoms with Gasteiger partial charge >= 0.3 is 5.97 Å². The van der Waals surface area contributed by atoms with E-state index in [4.69, 9.17) is 9.47 Å². The van der Waals surface area contributed by atoms with E-state index in [9.17, 15) is 19.5 Å². The first-order valence-corrected chi connectivity index (χ1v) is 15.3. The fourth-order valence-electron chi connectivity index (χ4n) is 6.94. The molecule has 7 atom stereocenters. The van der Waals surface area contributed by atoms with Crippen LogP contribution in [-0.4, -0.2) is 119 Å². The van der Waals surface area contributed by atoms with E-state index in [1.54, 1.807) is 34.6 Å². The molecule has 3 unspecified atom stereocenters. The molecular weight excluding hydrogens is 518 g/mol. The van der Waals surface area contributed by atoms with E-state index in [1.807, 2.05) is 6.08 Å². The predicted molar refractivity (Wildman–Crippen MR) is 151 cm³/mol. The molecule has 1 N–H and O–H groups in total. The zero-order valence-electron chi connectivity index (χ0n) is 23.5. The summed E-state index contributed by atoms with van der Waals surface area (Å²) in [5, 5.41) is 10.1. The van der Waals surface area contributed by atoms with Crippen molar-refractivity contribution >= 4 is 29.5 Å². The summed E-state index contributed by atoms with van der Waals surface area (Å²) in [6, 6.07) is -1.30. The van der Waals surface area contributed by atoms with Gasteiger partial charge in [0, 0.05) is 38.0 Å². The van der Waals surface area contributed by atoms with Gasteiger partial charge in [0.05, 0.1) is 49.1 Å². The van der Waals surface area contributed by atoms with Crippen LogP contribution >= 0.6 is 11.8 Å². The number of morpholine rings is 1. The monoisotopic (exact) mass is 563 g/mol. The average Bonchev–Trinajstić information content (AvgIpc) is 3.54. The maximum atomic E-state index is 14.4. The Kier molecular flexibility index (Phi) is 10.2. The molecule has 0 aromatic rings. The number of likely N-dealkylation sites (tertiary alicyclic amines) is 1. The first kappa shape index (κ1) is 30.1. The van der Waals surface area contributed by atoms with Crippen molar-refractivity contribution in [1.29, 1.82) is 0 Å². The molecule has 10 heteroatoms. The number of hydrogen-bond acceptors (Lipinski definition) is 8. The Morgan fingerprint density at radius 1 is 1.28 bits per heavy atom. The van der Waals surface area contributed by atoms with Crippen molar-refractivity contribution < 1.29 is 29.0 Å². The zero-order valence-corrected chi connectivity index (χ0v) is 24.3. The summed E-state index contributed by atoms with van der Waals surface area (Å²) in [6.45, 7) is 16.1. The molecule has 2 bridgehead atoms. The molecule has 4 heterocycles. The van der Waals surface area contributed by atoms with Gasteiger partial charge < -0.3 is 24.4 Å². The summed E-state index contributed by atoms with van der Waals surface area (Å²) in [5.74, 6) is -1.82. The summed E-state index contributed by atoms with van der Waals surface area (Å²) in [7, 11) is 0. The quantitative estimate of drug-likeness (QED) is 0.195. The number of esters is 1. The molecule has 0 aliphatic carbocycles. The Balaban J connectivity index is 1.60. The first-order valence-electron chi connectivity index (χ1n) is 14.4. The van der Waals surface area contributed by atoms with Crippen LogP contribution in [-0.2, 0) is 23.9 Å². The van der Waals surface area contributed by atoms with Crippen molar-refractivity contribution in [3.63, 3.8) is 0 Å². The van der Waals surface area contributed by atoms with Gasteiger partial charge in [-0.15, -0.1) is 24.9 Å². The van der Waals surface area contributed by atoms with Gasteiger partial charge in [0.25, 0.3) is 0 Å². The lowest BCUT2D eigenvalue weighted by Crippen LogP contribution is -2.59. The highest BCUT2D eigenvalue weighted by Crippen LogP contribution is 2.69. The highest BCUT2D eigenvalue weighted by Gasteiger charge is 2.77. The fourth-order valence-corrected chi connectivity index (χ4v) is 9.33. The Morgan fingerprint density at radius 3 is 2.69 bits per heavy atom. The van der Waals surface area contributed by atoms with E-state index in [0.717, 1.165) is 38.8 Å². The van der Waals surface area contributed by atoms with Crippen molar-refractivity contribution in [3.05, 3.63) is 25.3 Å². The highest BCUT2D eigenvalue weighted by molar-refractivity contribution is 8.02. The number of allylic oxidation sites excluding steroid dienone is 1. The summed E-state index contributed by atoms with van der Waals surface area (Å²) in [4.78, 5) is 47.6. The van der Waals surface area contributed by atoms with Crippen molar-refractivity contribution in [2.24, 2.45) is 17.8 Å². The number of hydrogen-bond donors (Lipinski definition) is 1. The van der Waals surface area contributed by atoms with Gasteiger partial charge in [0.2, 0.25) is 11.8 Å². The van der Waals surface area contributed by atoms with Crippen LogP contribution in [0, 0.1) is 17.8 Å². The molecule has 218 valence electrons. The number of rotatable bonds is 14. The Hall–Kier alpha value is -1.88. The van der Waals surface area contributed by atoms with Gasteiger partial charge in [0.15, 0.2) is 0 Å². The summed E-state index contributed by atoms with van der Waals surface area (Å²) >= 11 is 1.64. The summed E-state index contributed by atoms with van der Waals surface area (Å²) in [5.41, 5.74) is 0. The lowest BCUT2D eigenvalue weighted by molar-refractivity contribution is -0.155. The Morgan fingerprint density at radius 2 is 2.03 bits per heavy atom. The number of amides is 2. The number of thioether (sulfide) groups is 1. The topological polar surface area (TPSA) is 99.6 Å². The second kappa shape index (κ2) is 13.2. The van der Waals surface area contributed by atoms with Crippen molar-refractivity contribution in [3.8, 4) is 0 Å². The number of aliphatic hydroxyl groups excluding tert-OH is 1. The molecule has 39 heavy (non-hydrogen) atoms. The number of ether oxygens (including phenoxy) is 2. The lowest BCUT2D eigenvalue weighted by Gasteiger charge is -2.41. The van der Waals surface area contributed by atoms with Crippen LogP contribution in [0.25, 0.3) is 0 Å². The van der Waals surface area contributed by atoms with Gasteiger partial charge in [-0.25, -0.2) is 0 Å². The third-order valence-corrected chi connectivity index (χ3v) is 11.0. The molecule has 0 aromatic carbocycles. The number of fused-ring (bicyclic) bond motifs is 1. The van der Waals surface area contributed by atoms with E-state index in [2.05, 4.69) is 25.0 Å². The average molecular weight is 564 g/mol. The number of aliphatic hydroxyl groups is 1. The maximum Gasteiger partial charge on any atom is 0.310 e. The molecule has 2 amide bonds. The van der Waals surface area contributed by atoms with Crippen LogP contribution in [0.5, 0.6) is 0 Å². The number of unbranched alkanes of at least 4 members (excludes halogenated alkanes) is 2. The van der Waals surface area contributed by atoms with Crippen LogP contribution < -0.4 is 0 Å². The summed E-state index contributed by atoms with van der Waals surface area (Å²) < 4.78 is 10.4. The van der Waals surface area contributed by atoms with E-state index in [-0.39, 0.29) is 35.6 Å². The van der Waals surface area contributed by atoms with Crippen molar-refractivity contribution in [1.82, 2.24) is 14.7 Å². The molecule has 9 nitrogen and oxygen atoms in total. The third-order valence-electron chi connectivity index (χ3n) is 8.93. The molecule has 1 spiro atoms. The number of nitrogens with zero attached hydrogens (tertiary/aromatic N) is 3. The first-order chi connectivity index (χ1) is 18.8. The maximum absolute atomic E-state index is 14.4. The van der Waals surface area contributed by atoms with Crippen LogP contribution in [0.3, 0.4) is 0 Å². The van der Waals surface area contributed by atoms with E-state index < -0.39 is 28.7 Å². The second-order valence-corrected chi connectivity index (χ2v) is 12.9. The van der Waals surface area contributed by atoms with Gasteiger partial charge in [-0.3, -0.25) is 19.3 Å². The Bertz CT molecular complexity index is 927. The van der Waals surface area contributed by atoms with Gasteiger partial charge in [-0.2, -0.15) is 0 Å². The normalized spacial score (nSPS) is 32.6. The van der Waals surface area contributed by atoms with Gasteiger partial charge in [-0.05, 0) is 38.5 Å². The minimum Gasteiger partial charge on any atom is -0.465 e. The number of carbonyl (C=O) groups excluding carboxylic acids is 3. The second-order valence-electron chi connectivity index (χ2n) is 11.3. The van der Waals surface area contributed by atoms with Crippen LogP contribution in [0.1, 0.15) is 39.5 Å².